The fraction of sp³-hybridized carbons (Fsp3) is 0.222. The van der Waals surface area contributed by atoms with Gasteiger partial charge < -0.3 is 15.0 Å². The highest BCUT2D eigenvalue weighted by Gasteiger charge is 2.31. The van der Waals surface area contributed by atoms with Gasteiger partial charge in [0.1, 0.15) is 5.75 Å². The fourth-order valence-corrected chi connectivity index (χ4v) is 2.98. The topological polar surface area (TPSA) is 119 Å². The van der Waals surface area contributed by atoms with Crippen molar-refractivity contribution < 1.29 is 35.9 Å². The lowest BCUT2D eigenvalue weighted by Gasteiger charge is -2.18. The number of carbonyl (C=O) groups is 2. The quantitative estimate of drug-likeness (QED) is 0.707. The number of rotatable bonds is 6. The fourth-order valence-electron chi connectivity index (χ4n) is 2.44. The minimum atomic E-state index is -4.83. The number of primary sulfonamides is 1. The molecule has 8 nitrogen and oxygen atoms in total. The molecule has 2 rings (SSSR count). The molecule has 0 aliphatic carbocycles. The number of nitrogens with zero attached hydrogens (tertiary/aromatic N) is 1. The van der Waals surface area contributed by atoms with Crippen LogP contribution in [-0.2, 0) is 14.8 Å². The first-order valence-corrected chi connectivity index (χ1v) is 9.85. The lowest BCUT2D eigenvalue weighted by molar-refractivity contribution is -0.274. The highest BCUT2D eigenvalue weighted by Crippen LogP contribution is 2.24. The van der Waals surface area contributed by atoms with Crippen LogP contribution in [0.15, 0.2) is 47.4 Å². The number of likely N-dealkylation sites (N-methyl/N-ethyl adjacent to an activating group) is 1. The van der Waals surface area contributed by atoms with E-state index in [0.29, 0.717) is 5.56 Å². The van der Waals surface area contributed by atoms with Crippen molar-refractivity contribution in [2.75, 3.05) is 18.9 Å². The number of nitrogens with two attached hydrogens (primary N) is 1. The molecule has 30 heavy (non-hydrogen) atoms. The zero-order valence-electron chi connectivity index (χ0n) is 15.9. The number of hydrogen-bond acceptors (Lipinski definition) is 5. The second kappa shape index (κ2) is 8.71. The normalized spacial score (nSPS) is 11.7. The molecule has 0 saturated heterocycles. The second-order valence-corrected chi connectivity index (χ2v) is 7.86. The van der Waals surface area contributed by atoms with Gasteiger partial charge in [0.2, 0.25) is 15.9 Å². The Labute approximate surface area is 170 Å². The van der Waals surface area contributed by atoms with Gasteiger partial charge in [0.05, 0.1) is 11.4 Å². The van der Waals surface area contributed by atoms with Crippen LogP contribution in [0.4, 0.5) is 18.9 Å². The third-order valence-corrected chi connectivity index (χ3v) is 4.78. The van der Waals surface area contributed by atoms with Gasteiger partial charge >= 0.3 is 6.36 Å². The number of halogens is 3. The van der Waals surface area contributed by atoms with E-state index >= 15 is 0 Å². The molecule has 0 fully saturated rings. The molecule has 162 valence electrons. The first kappa shape index (κ1) is 23.2. The number of hydrogen-bond donors (Lipinski definition) is 2. The average molecular weight is 445 g/mol. The molecular weight excluding hydrogens is 427 g/mol. The molecule has 2 aromatic rings. The van der Waals surface area contributed by atoms with Gasteiger partial charge in [0, 0.05) is 18.3 Å². The molecular formula is C18H18F3N3O5S. The predicted molar refractivity (Wildman–Crippen MR) is 101 cm³/mol. The van der Waals surface area contributed by atoms with Crippen molar-refractivity contribution in [1.29, 1.82) is 0 Å². The molecule has 0 bridgehead atoms. The summed E-state index contributed by atoms with van der Waals surface area (Å²) in [7, 11) is -2.67. The Morgan fingerprint density at radius 2 is 1.73 bits per heavy atom. The highest BCUT2D eigenvalue weighted by molar-refractivity contribution is 7.89. The monoisotopic (exact) mass is 445 g/mol. The number of carbonyl (C=O) groups excluding carboxylic acids is 2. The maximum Gasteiger partial charge on any atom is 0.573 e. The SMILES string of the molecule is Cc1ccc(S(N)(=O)=O)cc1C(=O)N(C)CC(=O)Nc1ccc(OC(F)(F)F)cc1. The van der Waals surface area contributed by atoms with Gasteiger partial charge in [0.15, 0.2) is 0 Å². The Kier molecular flexibility index (Phi) is 6.73. The molecule has 0 spiro atoms. The highest BCUT2D eigenvalue weighted by atomic mass is 32.2. The summed E-state index contributed by atoms with van der Waals surface area (Å²) in [5.41, 5.74) is 0.744. The molecule has 0 radical (unpaired) electrons. The van der Waals surface area contributed by atoms with Gasteiger partial charge in [-0.1, -0.05) is 6.07 Å². The Hall–Kier alpha value is -3.12. The summed E-state index contributed by atoms with van der Waals surface area (Å²) in [6.45, 7) is 1.21. The van der Waals surface area contributed by atoms with Crippen molar-refractivity contribution in [3.63, 3.8) is 0 Å². The molecule has 0 aliphatic heterocycles. The molecule has 0 saturated carbocycles. The van der Waals surface area contributed by atoms with E-state index in [2.05, 4.69) is 10.1 Å². The molecule has 0 unspecified atom stereocenters. The molecule has 0 aromatic heterocycles. The number of aryl methyl sites for hydroxylation is 1. The van der Waals surface area contributed by atoms with E-state index in [9.17, 15) is 31.2 Å². The molecule has 0 atom stereocenters. The van der Waals surface area contributed by atoms with E-state index in [-0.39, 0.29) is 16.1 Å². The molecule has 0 heterocycles. The Bertz CT molecular complexity index is 1050. The van der Waals surface area contributed by atoms with Gasteiger partial charge in [-0.3, -0.25) is 9.59 Å². The van der Waals surface area contributed by atoms with Crippen LogP contribution in [0.25, 0.3) is 0 Å². The lowest BCUT2D eigenvalue weighted by Crippen LogP contribution is -2.35. The second-order valence-electron chi connectivity index (χ2n) is 6.30. The van der Waals surface area contributed by atoms with Gasteiger partial charge in [-0.05, 0) is 48.9 Å². The van der Waals surface area contributed by atoms with Crippen LogP contribution in [0.1, 0.15) is 15.9 Å². The van der Waals surface area contributed by atoms with E-state index in [0.717, 1.165) is 23.1 Å². The zero-order valence-corrected chi connectivity index (χ0v) is 16.7. The maximum absolute atomic E-state index is 12.6. The first-order chi connectivity index (χ1) is 13.8. The summed E-state index contributed by atoms with van der Waals surface area (Å²) in [4.78, 5) is 25.6. The summed E-state index contributed by atoms with van der Waals surface area (Å²) in [5.74, 6) is -1.67. The van der Waals surface area contributed by atoms with Crippen LogP contribution in [-0.4, -0.2) is 45.1 Å². The molecule has 0 aliphatic rings. The first-order valence-electron chi connectivity index (χ1n) is 8.31. The van der Waals surface area contributed by atoms with Gasteiger partial charge in [-0.2, -0.15) is 0 Å². The van der Waals surface area contributed by atoms with E-state index in [1.54, 1.807) is 6.92 Å². The maximum atomic E-state index is 12.6. The van der Waals surface area contributed by atoms with Crippen molar-refractivity contribution in [1.82, 2.24) is 4.90 Å². The summed E-state index contributed by atoms with van der Waals surface area (Å²) in [6.07, 6.45) is -4.83. The lowest BCUT2D eigenvalue weighted by atomic mass is 10.1. The van der Waals surface area contributed by atoms with Crippen molar-refractivity contribution in [2.24, 2.45) is 5.14 Å². The van der Waals surface area contributed by atoms with E-state index in [1.165, 1.54) is 31.3 Å². The number of benzene rings is 2. The Morgan fingerprint density at radius 1 is 1.13 bits per heavy atom. The summed E-state index contributed by atoms with van der Waals surface area (Å²) < 4.78 is 63.2. The predicted octanol–water partition coefficient (Wildman–Crippen LogP) is 2.25. The van der Waals surface area contributed by atoms with Gasteiger partial charge in [-0.15, -0.1) is 13.2 Å². The number of anilines is 1. The van der Waals surface area contributed by atoms with E-state index < -0.39 is 40.5 Å². The minimum absolute atomic E-state index is 0.0606. The third kappa shape index (κ3) is 6.46. The molecule has 2 aromatic carbocycles. The number of nitrogens with one attached hydrogen (secondary N) is 1. The van der Waals surface area contributed by atoms with Crippen LogP contribution in [0.2, 0.25) is 0 Å². The van der Waals surface area contributed by atoms with Crippen molar-refractivity contribution in [2.45, 2.75) is 18.2 Å². The van der Waals surface area contributed by atoms with Crippen LogP contribution in [0, 0.1) is 6.92 Å². The van der Waals surface area contributed by atoms with Crippen LogP contribution >= 0.6 is 0 Å². The summed E-state index contributed by atoms with van der Waals surface area (Å²) in [6, 6.07) is 8.29. The van der Waals surface area contributed by atoms with Crippen molar-refractivity contribution >= 4 is 27.5 Å². The molecule has 2 amide bonds. The van der Waals surface area contributed by atoms with E-state index in [1.807, 2.05) is 0 Å². The van der Waals surface area contributed by atoms with Crippen LogP contribution < -0.4 is 15.2 Å². The standard InChI is InChI=1S/C18H18F3N3O5S/c1-11-3-8-14(30(22,27)28)9-15(11)17(26)24(2)10-16(25)23-12-4-6-13(7-5-12)29-18(19,20)21/h3-9H,10H2,1-2H3,(H,23,25)(H2,22,27,28). The number of alkyl halides is 3. The molecule has 3 N–H and O–H groups in total. The van der Waals surface area contributed by atoms with Crippen LogP contribution in [0.5, 0.6) is 5.75 Å². The van der Waals surface area contributed by atoms with Crippen LogP contribution in [0.3, 0.4) is 0 Å². The molecule has 12 heteroatoms. The largest absolute Gasteiger partial charge is 0.573 e. The third-order valence-electron chi connectivity index (χ3n) is 3.87. The smallest absolute Gasteiger partial charge is 0.406 e. The summed E-state index contributed by atoms with van der Waals surface area (Å²) >= 11 is 0. The Morgan fingerprint density at radius 3 is 2.27 bits per heavy atom. The number of ether oxygens (including phenoxy) is 1. The average Bonchev–Trinajstić information content (AvgIpc) is 2.61. The van der Waals surface area contributed by atoms with Gasteiger partial charge in [0.25, 0.3) is 5.91 Å². The van der Waals surface area contributed by atoms with Crippen molar-refractivity contribution in [3.8, 4) is 5.75 Å². The minimum Gasteiger partial charge on any atom is -0.406 e. The number of sulfonamides is 1. The number of amides is 2. The summed E-state index contributed by atoms with van der Waals surface area (Å²) in [5, 5.41) is 7.51. The van der Waals surface area contributed by atoms with E-state index in [4.69, 9.17) is 5.14 Å². The van der Waals surface area contributed by atoms with Crippen molar-refractivity contribution in [3.05, 3.63) is 53.6 Å². The Balaban J connectivity index is 2.04. The zero-order chi connectivity index (χ0) is 22.7. The van der Waals surface area contributed by atoms with Gasteiger partial charge in [-0.25, -0.2) is 13.6 Å².